The first kappa shape index (κ1) is 13.8. The Kier molecular flexibility index (Phi) is 4.04. The van der Waals surface area contributed by atoms with Crippen LogP contribution in [0.4, 0.5) is 4.39 Å². The van der Waals surface area contributed by atoms with Gasteiger partial charge in [0, 0.05) is 17.9 Å². The summed E-state index contributed by atoms with van der Waals surface area (Å²) in [5.41, 5.74) is 0.381. The largest absolute Gasteiger partial charge is 0.493 e. The van der Waals surface area contributed by atoms with E-state index in [1.807, 2.05) is 0 Å². The molecule has 19 heavy (non-hydrogen) atoms. The van der Waals surface area contributed by atoms with E-state index in [0.717, 1.165) is 0 Å². The molecule has 1 heterocycles. The van der Waals surface area contributed by atoms with Crippen molar-refractivity contribution in [3.63, 3.8) is 0 Å². The number of aliphatic hydroxyl groups is 1. The molecule has 0 aromatic heterocycles. The molecule has 2 rings (SSSR count). The van der Waals surface area contributed by atoms with Gasteiger partial charge in [-0.25, -0.2) is 4.39 Å². The number of aliphatic hydroxyl groups excluding tert-OH is 1. The van der Waals surface area contributed by atoms with E-state index in [0.29, 0.717) is 24.3 Å². The van der Waals surface area contributed by atoms with Gasteiger partial charge >= 0.3 is 0 Å². The van der Waals surface area contributed by atoms with E-state index in [1.165, 1.54) is 18.2 Å². The molecule has 1 aromatic carbocycles. The summed E-state index contributed by atoms with van der Waals surface area (Å²) in [5, 5.41) is 13.1. The normalized spacial score (nSPS) is 22.4. The molecule has 0 spiro atoms. The summed E-state index contributed by atoms with van der Waals surface area (Å²) in [4.78, 5) is 11.7. The minimum Gasteiger partial charge on any atom is -0.493 e. The van der Waals surface area contributed by atoms with Gasteiger partial charge in [0.1, 0.15) is 17.7 Å². The zero-order chi connectivity index (χ0) is 14.0. The van der Waals surface area contributed by atoms with Crippen molar-refractivity contribution in [3.05, 3.63) is 29.6 Å². The van der Waals surface area contributed by atoms with Crippen LogP contribution < -0.4 is 10.1 Å². The SMILES string of the molecule is CC(C)C(=O)NC1CCOc2ccc(F)cc2C1O. The monoisotopic (exact) mass is 267 g/mol. The van der Waals surface area contributed by atoms with E-state index < -0.39 is 18.0 Å². The fourth-order valence-electron chi connectivity index (χ4n) is 2.05. The van der Waals surface area contributed by atoms with Gasteiger partial charge in [-0.1, -0.05) is 13.8 Å². The molecule has 1 amide bonds. The van der Waals surface area contributed by atoms with E-state index in [4.69, 9.17) is 4.74 Å². The van der Waals surface area contributed by atoms with Crippen molar-refractivity contribution in [1.29, 1.82) is 0 Å². The van der Waals surface area contributed by atoms with Crippen molar-refractivity contribution < 1.29 is 19.0 Å². The highest BCUT2D eigenvalue weighted by Crippen LogP contribution is 2.32. The lowest BCUT2D eigenvalue weighted by Gasteiger charge is -2.23. The third kappa shape index (κ3) is 3.04. The highest BCUT2D eigenvalue weighted by atomic mass is 19.1. The van der Waals surface area contributed by atoms with Crippen LogP contribution in [-0.4, -0.2) is 23.7 Å². The van der Waals surface area contributed by atoms with Crippen molar-refractivity contribution in [2.24, 2.45) is 5.92 Å². The Morgan fingerprint density at radius 2 is 2.26 bits per heavy atom. The number of hydrogen-bond acceptors (Lipinski definition) is 3. The van der Waals surface area contributed by atoms with Gasteiger partial charge in [-0.3, -0.25) is 4.79 Å². The second-order valence-electron chi connectivity index (χ2n) is 5.03. The Balaban J connectivity index is 2.22. The zero-order valence-corrected chi connectivity index (χ0v) is 11.0. The lowest BCUT2D eigenvalue weighted by Crippen LogP contribution is -2.41. The van der Waals surface area contributed by atoms with Crippen LogP contribution in [0.5, 0.6) is 5.75 Å². The average molecular weight is 267 g/mol. The molecule has 5 heteroatoms. The van der Waals surface area contributed by atoms with Gasteiger partial charge in [0.15, 0.2) is 0 Å². The van der Waals surface area contributed by atoms with Crippen molar-refractivity contribution in [1.82, 2.24) is 5.32 Å². The lowest BCUT2D eigenvalue weighted by atomic mass is 9.99. The van der Waals surface area contributed by atoms with Crippen molar-refractivity contribution in [2.45, 2.75) is 32.4 Å². The van der Waals surface area contributed by atoms with E-state index >= 15 is 0 Å². The maximum Gasteiger partial charge on any atom is 0.222 e. The molecule has 1 aliphatic rings. The summed E-state index contributed by atoms with van der Waals surface area (Å²) < 4.78 is 18.7. The summed E-state index contributed by atoms with van der Waals surface area (Å²) in [7, 11) is 0. The molecule has 0 bridgehead atoms. The second kappa shape index (κ2) is 5.57. The summed E-state index contributed by atoms with van der Waals surface area (Å²) in [6, 6.07) is 3.58. The molecule has 2 N–H and O–H groups in total. The molecule has 0 radical (unpaired) electrons. The number of carbonyl (C=O) groups excluding carboxylic acids is 1. The maximum atomic E-state index is 13.3. The Morgan fingerprint density at radius 3 is 2.95 bits per heavy atom. The van der Waals surface area contributed by atoms with E-state index in [-0.39, 0.29) is 11.8 Å². The molecule has 2 atom stereocenters. The first-order valence-corrected chi connectivity index (χ1v) is 6.39. The van der Waals surface area contributed by atoms with Crippen LogP contribution in [0.2, 0.25) is 0 Å². The number of carbonyl (C=O) groups is 1. The van der Waals surface area contributed by atoms with E-state index in [9.17, 15) is 14.3 Å². The van der Waals surface area contributed by atoms with Crippen LogP contribution in [0.25, 0.3) is 0 Å². The van der Waals surface area contributed by atoms with Gasteiger partial charge in [-0.15, -0.1) is 0 Å². The minimum atomic E-state index is -0.962. The Bertz CT molecular complexity index is 476. The Labute approximate surface area is 111 Å². The standard InChI is InChI=1S/C14H18FNO3/c1-8(2)14(18)16-11-5-6-19-12-4-3-9(15)7-10(12)13(11)17/h3-4,7-8,11,13,17H,5-6H2,1-2H3,(H,16,18). The van der Waals surface area contributed by atoms with Crippen LogP contribution in [0, 0.1) is 11.7 Å². The van der Waals surface area contributed by atoms with Gasteiger partial charge in [0.05, 0.1) is 12.6 Å². The fourth-order valence-corrected chi connectivity index (χ4v) is 2.05. The van der Waals surface area contributed by atoms with Crippen LogP contribution in [0.15, 0.2) is 18.2 Å². The van der Waals surface area contributed by atoms with Gasteiger partial charge in [0.25, 0.3) is 0 Å². The summed E-state index contributed by atoms with van der Waals surface area (Å²) in [6.45, 7) is 3.93. The van der Waals surface area contributed by atoms with Crippen molar-refractivity contribution in [2.75, 3.05) is 6.61 Å². The first-order chi connectivity index (χ1) is 8.99. The van der Waals surface area contributed by atoms with Gasteiger partial charge < -0.3 is 15.2 Å². The van der Waals surface area contributed by atoms with Crippen molar-refractivity contribution >= 4 is 5.91 Å². The summed E-state index contributed by atoms with van der Waals surface area (Å²) >= 11 is 0. The Hall–Kier alpha value is -1.62. The molecule has 0 aliphatic carbocycles. The van der Waals surface area contributed by atoms with E-state index in [1.54, 1.807) is 13.8 Å². The molecule has 104 valence electrons. The summed E-state index contributed by atoms with van der Waals surface area (Å²) in [5.74, 6) is -0.264. The molecule has 0 saturated carbocycles. The van der Waals surface area contributed by atoms with Crippen LogP contribution >= 0.6 is 0 Å². The van der Waals surface area contributed by atoms with Crippen LogP contribution in [0.3, 0.4) is 0 Å². The lowest BCUT2D eigenvalue weighted by molar-refractivity contribution is -0.125. The number of amides is 1. The van der Waals surface area contributed by atoms with Gasteiger partial charge in [0.2, 0.25) is 5.91 Å². The molecule has 4 nitrogen and oxygen atoms in total. The molecular weight excluding hydrogens is 249 g/mol. The van der Waals surface area contributed by atoms with Gasteiger partial charge in [-0.05, 0) is 18.2 Å². The number of hydrogen-bond donors (Lipinski definition) is 2. The van der Waals surface area contributed by atoms with Crippen LogP contribution in [-0.2, 0) is 4.79 Å². The highest BCUT2D eigenvalue weighted by molar-refractivity contribution is 5.78. The molecule has 2 unspecified atom stereocenters. The smallest absolute Gasteiger partial charge is 0.222 e. The highest BCUT2D eigenvalue weighted by Gasteiger charge is 2.29. The summed E-state index contributed by atoms with van der Waals surface area (Å²) in [6.07, 6.45) is -0.480. The van der Waals surface area contributed by atoms with Gasteiger partial charge in [-0.2, -0.15) is 0 Å². The molecule has 0 fully saturated rings. The first-order valence-electron chi connectivity index (χ1n) is 6.39. The topological polar surface area (TPSA) is 58.6 Å². The van der Waals surface area contributed by atoms with Crippen LogP contribution in [0.1, 0.15) is 31.9 Å². The third-order valence-corrected chi connectivity index (χ3v) is 3.21. The molecule has 1 aromatic rings. The predicted molar refractivity (Wildman–Crippen MR) is 68.2 cm³/mol. The predicted octanol–water partition coefficient (Wildman–Crippen LogP) is 1.78. The molecule has 0 saturated heterocycles. The zero-order valence-electron chi connectivity index (χ0n) is 11.0. The number of halogens is 1. The number of ether oxygens (including phenoxy) is 1. The van der Waals surface area contributed by atoms with E-state index in [2.05, 4.69) is 5.32 Å². The number of fused-ring (bicyclic) bond motifs is 1. The quantitative estimate of drug-likeness (QED) is 0.858. The third-order valence-electron chi connectivity index (χ3n) is 3.21. The fraction of sp³-hybridized carbons (Fsp3) is 0.500. The molecule has 1 aliphatic heterocycles. The number of benzene rings is 1. The number of rotatable bonds is 2. The average Bonchev–Trinajstić information content (AvgIpc) is 2.51. The number of nitrogens with one attached hydrogen (secondary N) is 1. The minimum absolute atomic E-state index is 0.135. The Morgan fingerprint density at radius 1 is 1.53 bits per heavy atom. The molecular formula is C14H18FNO3. The second-order valence-corrected chi connectivity index (χ2v) is 5.03. The van der Waals surface area contributed by atoms with Crippen molar-refractivity contribution in [3.8, 4) is 5.75 Å². The maximum absolute atomic E-state index is 13.3.